The minimum absolute atomic E-state index is 0.215. The Morgan fingerprint density at radius 2 is 2.50 bits per heavy atom. The average molecular weight is 247 g/mol. The minimum Gasteiger partial charge on any atom is -0.374 e. The molecule has 1 aliphatic rings. The Kier molecular flexibility index (Phi) is 3.12. The van der Waals surface area contributed by atoms with Gasteiger partial charge in [0.2, 0.25) is 0 Å². The van der Waals surface area contributed by atoms with Gasteiger partial charge in [0.1, 0.15) is 17.8 Å². The Balaban J connectivity index is 1.67. The number of H-pyrrole nitrogens is 1. The molecular formula is C12H17N5O. The van der Waals surface area contributed by atoms with Crippen LogP contribution in [0, 0.1) is 0 Å². The maximum Gasteiger partial charge on any atom is 0.142 e. The molecule has 2 aromatic heterocycles. The average Bonchev–Trinajstić information content (AvgIpc) is 2.85. The van der Waals surface area contributed by atoms with Crippen LogP contribution in [-0.4, -0.2) is 59.2 Å². The standard InChI is InChI=1S/C12H17N5O/c1-17-4-5-18-9(7-17)6-14-12-10-2-3-13-11(10)15-8-16-12/h2-3,8-9H,4-7H2,1H3,(H2,13,14,15,16)/t9-/m0/s1. The maximum absolute atomic E-state index is 5.71. The lowest BCUT2D eigenvalue weighted by atomic mass is 10.2. The molecule has 3 rings (SSSR count). The molecule has 0 aromatic carbocycles. The topological polar surface area (TPSA) is 66.1 Å². The molecule has 0 unspecified atom stereocenters. The van der Waals surface area contributed by atoms with Crippen LogP contribution in [0.5, 0.6) is 0 Å². The highest BCUT2D eigenvalue weighted by Gasteiger charge is 2.17. The van der Waals surface area contributed by atoms with Crippen LogP contribution in [0.15, 0.2) is 18.6 Å². The van der Waals surface area contributed by atoms with Crippen molar-refractivity contribution in [3.63, 3.8) is 0 Å². The zero-order valence-corrected chi connectivity index (χ0v) is 10.4. The number of anilines is 1. The smallest absolute Gasteiger partial charge is 0.142 e. The monoisotopic (exact) mass is 247 g/mol. The van der Waals surface area contributed by atoms with Crippen LogP contribution in [0.4, 0.5) is 5.82 Å². The highest BCUT2D eigenvalue weighted by atomic mass is 16.5. The molecule has 6 nitrogen and oxygen atoms in total. The van der Waals surface area contributed by atoms with Crippen LogP contribution in [-0.2, 0) is 4.74 Å². The molecule has 18 heavy (non-hydrogen) atoms. The summed E-state index contributed by atoms with van der Waals surface area (Å²) in [6.07, 6.45) is 3.65. The molecule has 0 radical (unpaired) electrons. The van der Waals surface area contributed by atoms with E-state index in [2.05, 4.69) is 32.2 Å². The molecule has 96 valence electrons. The van der Waals surface area contributed by atoms with Crippen molar-refractivity contribution < 1.29 is 4.74 Å². The van der Waals surface area contributed by atoms with Gasteiger partial charge in [0.25, 0.3) is 0 Å². The maximum atomic E-state index is 5.71. The summed E-state index contributed by atoms with van der Waals surface area (Å²) in [7, 11) is 2.12. The predicted octanol–water partition coefficient (Wildman–Crippen LogP) is 0.700. The quantitative estimate of drug-likeness (QED) is 0.836. The lowest BCUT2D eigenvalue weighted by Crippen LogP contribution is -2.43. The second-order valence-corrected chi connectivity index (χ2v) is 4.60. The fraction of sp³-hybridized carbons (Fsp3) is 0.500. The third kappa shape index (κ3) is 2.30. The highest BCUT2D eigenvalue weighted by Crippen LogP contribution is 2.17. The van der Waals surface area contributed by atoms with E-state index >= 15 is 0 Å². The van der Waals surface area contributed by atoms with Crippen LogP contribution < -0.4 is 5.32 Å². The van der Waals surface area contributed by atoms with Gasteiger partial charge in [-0.05, 0) is 13.1 Å². The van der Waals surface area contributed by atoms with Crippen LogP contribution >= 0.6 is 0 Å². The van der Waals surface area contributed by atoms with Crippen LogP contribution in [0.3, 0.4) is 0 Å². The first kappa shape index (κ1) is 11.4. The minimum atomic E-state index is 0.215. The Labute approximate surface area is 105 Å². The second kappa shape index (κ2) is 4.91. The first-order valence-electron chi connectivity index (χ1n) is 6.15. The predicted molar refractivity (Wildman–Crippen MR) is 69.6 cm³/mol. The molecule has 2 aromatic rings. The lowest BCUT2D eigenvalue weighted by molar-refractivity contribution is -0.0117. The normalized spacial score (nSPS) is 21.3. The Bertz CT molecular complexity index is 526. The number of aromatic nitrogens is 3. The van der Waals surface area contributed by atoms with E-state index < -0.39 is 0 Å². The molecule has 1 saturated heterocycles. The molecule has 0 aliphatic carbocycles. The van der Waals surface area contributed by atoms with Gasteiger partial charge in [0.15, 0.2) is 0 Å². The molecule has 1 aliphatic heterocycles. The van der Waals surface area contributed by atoms with Crippen molar-refractivity contribution in [2.24, 2.45) is 0 Å². The van der Waals surface area contributed by atoms with Crippen LogP contribution in [0.25, 0.3) is 11.0 Å². The molecule has 6 heteroatoms. The van der Waals surface area contributed by atoms with Crippen molar-refractivity contribution in [1.29, 1.82) is 0 Å². The van der Waals surface area contributed by atoms with Crippen molar-refractivity contribution in [2.75, 3.05) is 38.6 Å². The number of ether oxygens (including phenoxy) is 1. The van der Waals surface area contributed by atoms with Gasteiger partial charge in [0.05, 0.1) is 18.1 Å². The molecule has 0 saturated carbocycles. The number of hydrogen-bond acceptors (Lipinski definition) is 5. The number of likely N-dealkylation sites (N-methyl/N-ethyl adjacent to an activating group) is 1. The van der Waals surface area contributed by atoms with E-state index in [0.717, 1.165) is 43.1 Å². The number of rotatable bonds is 3. The highest BCUT2D eigenvalue weighted by molar-refractivity contribution is 5.86. The van der Waals surface area contributed by atoms with E-state index in [1.807, 2.05) is 12.3 Å². The van der Waals surface area contributed by atoms with Gasteiger partial charge in [0, 0.05) is 25.8 Å². The summed E-state index contributed by atoms with van der Waals surface area (Å²) in [5.41, 5.74) is 0.856. The molecular weight excluding hydrogens is 230 g/mol. The van der Waals surface area contributed by atoms with E-state index in [4.69, 9.17) is 4.74 Å². The molecule has 1 fully saturated rings. The molecule has 3 heterocycles. The molecule has 2 N–H and O–H groups in total. The van der Waals surface area contributed by atoms with Gasteiger partial charge in [-0.15, -0.1) is 0 Å². The van der Waals surface area contributed by atoms with Gasteiger partial charge in [-0.2, -0.15) is 0 Å². The third-order valence-corrected chi connectivity index (χ3v) is 3.19. The summed E-state index contributed by atoms with van der Waals surface area (Å²) in [4.78, 5) is 13.8. The number of nitrogens with zero attached hydrogens (tertiary/aromatic N) is 3. The first-order valence-corrected chi connectivity index (χ1v) is 6.15. The fourth-order valence-corrected chi connectivity index (χ4v) is 2.21. The number of fused-ring (bicyclic) bond motifs is 1. The molecule has 0 amide bonds. The van der Waals surface area contributed by atoms with Gasteiger partial charge < -0.3 is 19.9 Å². The number of morpholine rings is 1. The SMILES string of the molecule is CN1CCO[C@@H](CNc2ncnc3[nH]ccc23)C1. The van der Waals surface area contributed by atoms with Crippen molar-refractivity contribution in [2.45, 2.75) is 6.10 Å². The summed E-state index contributed by atoms with van der Waals surface area (Å²) >= 11 is 0. The lowest BCUT2D eigenvalue weighted by Gasteiger charge is -2.30. The fourth-order valence-electron chi connectivity index (χ4n) is 2.21. The van der Waals surface area contributed by atoms with Gasteiger partial charge >= 0.3 is 0 Å². The molecule has 0 bridgehead atoms. The van der Waals surface area contributed by atoms with Gasteiger partial charge in [-0.3, -0.25) is 0 Å². The largest absolute Gasteiger partial charge is 0.374 e. The summed E-state index contributed by atoms with van der Waals surface area (Å²) in [6.45, 7) is 3.52. The second-order valence-electron chi connectivity index (χ2n) is 4.60. The van der Waals surface area contributed by atoms with Gasteiger partial charge in [-0.1, -0.05) is 0 Å². The number of hydrogen-bond donors (Lipinski definition) is 2. The zero-order valence-electron chi connectivity index (χ0n) is 10.4. The number of nitrogens with one attached hydrogen (secondary N) is 2. The summed E-state index contributed by atoms with van der Waals surface area (Å²) < 4.78 is 5.71. The van der Waals surface area contributed by atoms with Crippen molar-refractivity contribution in [3.8, 4) is 0 Å². The summed E-state index contributed by atoms with van der Waals surface area (Å²) in [5, 5.41) is 4.36. The number of aromatic amines is 1. The Hall–Kier alpha value is -1.66. The van der Waals surface area contributed by atoms with E-state index in [0.29, 0.717) is 0 Å². The summed E-state index contributed by atoms with van der Waals surface area (Å²) in [5.74, 6) is 0.859. The van der Waals surface area contributed by atoms with Crippen LogP contribution in [0.2, 0.25) is 0 Å². The van der Waals surface area contributed by atoms with Crippen molar-refractivity contribution in [3.05, 3.63) is 18.6 Å². The van der Waals surface area contributed by atoms with E-state index in [1.165, 1.54) is 0 Å². The van der Waals surface area contributed by atoms with Crippen LogP contribution in [0.1, 0.15) is 0 Å². The van der Waals surface area contributed by atoms with Crippen molar-refractivity contribution in [1.82, 2.24) is 19.9 Å². The van der Waals surface area contributed by atoms with E-state index in [1.54, 1.807) is 6.33 Å². The summed E-state index contributed by atoms with van der Waals surface area (Å²) in [6, 6.07) is 1.98. The van der Waals surface area contributed by atoms with E-state index in [9.17, 15) is 0 Å². The molecule has 0 spiro atoms. The first-order chi connectivity index (χ1) is 8.83. The Morgan fingerprint density at radius 3 is 3.39 bits per heavy atom. The third-order valence-electron chi connectivity index (χ3n) is 3.19. The van der Waals surface area contributed by atoms with E-state index in [-0.39, 0.29) is 6.10 Å². The van der Waals surface area contributed by atoms with Crippen molar-refractivity contribution >= 4 is 16.9 Å². The Morgan fingerprint density at radius 1 is 1.56 bits per heavy atom. The molecule has 1 atom stereocenters. The van der Waals surface area contributed by atoms with Gasteiger partial charge in [-0.25, -0.2) is 9.97 Å². The zero-order chi connectivity index (χ0) is 12.4.